The summed E-state index contributed by atoms with van der Waals surface area (Å²) >= 11 is 3.73. The molecule has 0 saturated heterocycles. The fourth-order valence-corrected chi connectivity index (χ4v) is 4.86. The molecule has 5 atom stereocenters. The molecule has 3 heteroatoms. The zero-order valence-electron chi connectivity index (χ0n) is 8.62. The lowest BCUT2D eigenvalue weighted by Crippen LogP contribution is -2.39. The number of ketones is 2. The lowest BCUT2D eigenvalue weighted by molar-refractivity contribution is -0.137. The van der Waals surface area contributed by atoms with Gasteiger partial charge in [-0.3, -0.25) is 9.59 Å². The molecule has 82 valence electrons. The summed E-state index contributed by atoms with van der Waals surface area (Å²) in [7, 11) is 0. The van der Waals surface area contributed by atoms with Gasteiger partial charge >= 0.3 is 0 Å². The van der Waals surface area contributed by atoms with Gasteiger partial charge in [-0.05, 0) is 37.5 Å². The van der Waals surface area contributed by atoms with Crippen molar-refractivity contribution in [2.24, 2.45) is 23.7 Å². The van der Waals surface area contributed by atoms with Crippen LogP contribution in [-0.2, 0) is 9.59 Å². The van der Waals surface area contributed by atoms with Gasteiger partial charge in [-0.2, -0.15) is 0 Å². The van der Waals surface area contributed by atoms with Gasteiger partial charge in [0.2, 0.25) is 11.6 Å². The Balaban J connectivity index is 1.98. The molecule has 0 amide bonds. The van der Waals surface area contributed by atoms with E-state index >= 15 is 0 Å². The van der Waals surface area contributed by atoms with Crippen LogP contribution < -0.4 is 0 Å². The summed E-state index contributed by atoms with van der Waals surface area (Å²) in [5.41, 5.74) is 0. The summed E-state index contributed by atoms with van der Waals surface area (Å²) in [5.74, 6) is 1.05. The van der Waals surface area contributed by atoms with Crippen LogP contribution in [0.15, 0.2) is 0 Å². The Morgan fingerprint density at radius 2 is 1.60 bits per heavy atom. The molecule has 0 aromatic carbocycles. The van der Waals surface area contributed by atoms with Gasteiger partial charge in [0.25, 0.3) is 0 Å². The Kier molecular flexibility index (Phi) is 2.27. The maximum Gasteiger partial charge on any atom is 0.202 e. The molecule has 15 heavy (non-hydrogen) atoms. The number of carbonyl (C=O) groups is 2. The second kappa shape index (κ2) is 3.41. The summed E-state index contributed by atoms with van der Waals surface area (Å²) in [5, 5.41) is 0. The van der Waals surface area contributed by atoms with Crippen molar-refractivity contribution in [3.8, 4) is 0 Å². The van der Waals surface area contributed by atoms with Crippen LogP contribution in [0, 0.1) is 23.7 Å². The predicted molar refractivity (Wildman–Crippen MR) is 59.8 cm³/mol. The van der Waals surface area contributed by atoms with Gasteiger partial charge in [0.1, 0.15) is 0 Å². The van der Waals surface area contributed by atoms with Gasteiger partial charge in [0.15, 0.2) is 0 Å². The van der Waals surface area contributed by atoms with Crippen molar-refractivity contribution >= 4 is 27.5 Å². The Morgan fingerprint density at radius 1 is 0.933 bits per heavy atom. The van der Waals surface area contributed by atoms with Crippen LogP contribution in [0.4, 0.5) is 0 Å². The summed E-state index contributed by atoms with van der Waals surface area (Å²) in [6, 6.07) is 0. The van der Waals surface area contributed by atoms with E-state index in [2.05, 4.69) is 15.9 Å². The number of rotatable bonds is 0. The average molecular weight is 271 g/mol. The molecule has 3 aliphatic rings. The lowest BCUT2D eigenvalue weighted by atomic mass is 9.65. The van der Waals surface area contributed by atoms with Crippen molar-refractivity contribution < 1.29 is 9.59 Å². The van der Waals surface area contributed by atoms with Gasteiger partial charge in [0, 0.05) is 16.7 Å². The van der Waals surface area contributed by atoms with E-state index in [9.17, 15) is 9.59 Å². The minimum Gasteiger partial charge on any atom is -0.291 e. The zero-order valence-corrected chi connectivity index (χ0v) is 10.2. The Morgan fingerprint density at radius 3 is 2.33 bits per heavy atom. The highest BCUT2D eigenvalue weighted by molar-refractivity contribution is 9.09. The third-order valence-electron chi connectivity index (χ3n) is 4.61. The zero-order chi connectivity index (χ0) is 10.6. The molecule has 2 nitrogen and oxygen atoms in total. The molecule has 3 aliphatic carbocycles. The fourth-order valence-electron chi connectivity index (χ4n) is 3.98. The van der Waals surface area contributed by atoms with Crippen molar-refractivity contribution in [2.45, 2.75) is 36.9 Å². The molecule has 0 aromatic rings. The van der Waals surface area contributed by atoms with E-state index in [0.29, 0.717) is 16.7 Å². The van der Waals surface area contributed by atoms with Gasteiger partial charge in [-0.1, -0.05) is 22.4 Å². The maximum absolute atomic E-state index is 11.8. The van der Waals surface area contributed by atoms with Crippen molar-refractivity contribution in [3.05, 3.63) is 0 Å². The molecular weight excluding hydrogens is 256 g/mol. The highest BCUT2D eigenvalue weighted by Gasteiger charge is 2.56. The number of halogens is 1. The minimum absolute atomic E-state index is 0.0451. The van der Waals surface area contributed by atoms with Crippen molar-refractivity contribution in [2.75, 3.05) is 0 Å². The van der Waals surface area contributed by atoms with E-state index in [4.69, 9.17) is 0 Å². The number of hydrogen-bond donors (Lipinski definition) is 0. The van der Waals surface area contributed by atoms with Gasteiger partial charge in [0.05, 0.1) is 0 Å². The van der Waals surface area contributed by atoms with Gasteiger partial charge < -0.3 is 0 Å². The smallest absolute Gasteiger partial charge is 0.202 e. The second-order valence-corrected chi connectivity index (χ2v) is 6.38. The van der Waals surface area contributed by atoms with Crippen LogP contribution in [-0.4, -0.2) is 16.4 Å². The van der Waals surface area contributed by atoms with Crippen LogP contribution in [0.25, 0.3) is 0 Å². The molecule has 0 aromatic heterocycles. The number of alkyl halides is 1. The summed E-state index contributed by atoms with van der Waals surface area (Å²) in [6.07, 6.45) is 5.28. The number of Topliss-reactive ketones (excluding diaryl/α,β-unsaturated/α-hetero) is 2. The van der Waals surface area contributed by atoms with E-state index in [1.165, 1.54) is 6.42 Å². The molecule has 0 aliphatic heterocycles. The Hall–Kier alpha value is -0.180. The number of hydrogen-bond acceptors (Lipinski definition) is 2. The normalized spacial score (nSPS) is 49.3. The van der Waals surface area contributed by atoms with E-state index in [0.717, 1.165) is 25.7 Å². The molecule has 3 saturated carbocycles. The van der Waals surface area contributed by atoms with Crippen molar-refractivity contribution in [1.29, 1.82) is 0 Å². The first-order valence-electron chi connectivity index (χ1n) is 5.92. The molecule has 0 radical (unpaired) electrons. The van der Waals surface area contributed by atoms with Crippen LogP contribution in [0.1, 0.15) is 32.1 Å². The summed E-state index contributed by atoms with van der Waals surface area (Å²) in [6.45, 7) is 0. The molecule has 0 spiro atoms. The lowest BCUT2D eigenvalue weighted by Gasteiger charge is -2.42. The van der Waals surface area contributed by atoms with Crippen LogP contribution in [0.3, 0.4) is 0 Å². The first-order chi connectivity index (χ1) is 7.20. The van der Waals surface area contributed by atoms with E-state index in [-0.39, 0.29) is 23.4 Å². The third kappa shape index (κ3) is 1.28. The standard InChI is InChI=1S/C12H15BrO2/c13-9-5-4-8-10-6(9)2-1-3-7(10)11(14)12(8)15/h6-10H,1-5H2. The van der Waals surface area contributed by atoms with Gasteiger partial charge in [-0.15, -0.1) is 0 Å². The quantitative estimate of drug-likeness (QED) is 0.500. The highest BCUT2D eigenvalue weighted by atomic mass is 79.9. The Bertz CT molecular complexity index is 310. The van der Waals surface area contributed by atoms with E-state index < -0.39 is 0 Å². The molecule has 0 N–H and O–H groups in total. The van der Waals surface area contributed by atoms with Crippen LogP contribution >= 0.6 is 15.9 Å². The third-order valence-corrected chi connectivity index (χ3v) is 5.75. The molecule has 3 rings (SSSR count). The van der Waals surface area contributed by atoms with Crippen LogP contribution in [0.2, 0.25) is 0 Å². The van der Waals surface area contributed by atoms with Crippen molar-refractivity contribution in [3.63, 3.8) is 0 Å². The predicted octanol–water partition coefficient (Wildman–Crippen LogP) is 2.34. The second-order valence-electron chi connectivity index (χ2n) is 5.21. The van der Waals surface area contributed by atoms with E-state index in [1.54, 1.807) is 0 Å². The summed E-state index contributed by atoms with van der Waals surface area (Å²) in [4.78, 5) is 24.2. The first kappa shape index (κ1) is 10.0. The Labute approximate surface area is 97.9 Å². The molecule has 5 unspecified atom stereocenters. The monoisotopic (exact) mass is 270 g/mol. The number of carbonyl (C=O) groups excluding carboxylic acids is 2. The highest BCUT2D eigenvalue weighted by Crippen LogP contribution is 2.53. The fraction of sp³-hybridized carbons (Fsp3) is 0.833. The van der Waals surface area contributed by atoms with Gasteiger partial charge in [-0.25, -0.2) is 0 Å². The topological polar surface area (TPSA) is 34.1 Å². The maximum atomic E-state index is 11.8. The summed E-state index contributed by atoms with van der Waals surface area (Å²) < 4.78 is 0. The van der Waals surface area contributed by atoms with E-state index in [1.807, 2.05) is 0 Å². The largest absolute Gasteiger partial charge is 0.291 e. The molecule has 3 fully saturated rings. The molecule has 0 heterocycles. The SMILES string of the molecule is O=C1C(=O)C2CCC(Br)C3CCCC1C23. The minimum atomic E-state index is -0.0451. The van der Waals surface area contributed by atoms with Crippen LogP contribution in [0.5, 0.6) is 0 Å². The first-order valence-corrected chi connectivity index (χ1v) is 6.84. The van der Waals surface area contributed by atoms with Crippen molar-refractivity contribution in [1.82, 2.24) is 0 Å². The average Bonchev–Trinajstić information content (AvgIpc) is 2.50. The molecular formula is C12H15BrO2. The molecule has 0 bridgehead atoms.